The number of fused-ring (bicyclic) bond motifs is 3. The Bertz CT molecular complexity index is 1020. The molecule has 0 aromatic rings. The van der Waals surface area contributed by atoms with Gasteiger partial charge in [-0.2, -0.15) is 0 Å². The number of ketones is 2. The van der Waals surface area contributed by atoms with Gasteiger partial charge in [0.15, 0.2) is 0 Å². The first-order valence-corrected chi connectivity index (χ1v) is 12.7. The molecule has 0 saturated heterocycles. The highest BCUT2D eigenvalue weighted by molar-refractivity contribution is 5.96. The Morgan fingerprint density at radius 2 is 1.81 bits per heavy atom. The maximum absolute atomic E-state index is 13.6. The summed E-state index contributed by atoms with van der Waals surface area (Å²) in [5, 5.41) is 0. The number of ether oxygens (including phenoxy) is 1. The van der Waals surface area contributed by atoms with Crippen molar-refractivity contribution >= 4 is 17.5 Å². The van der Waals surface area contributed by atoms with Gasteiger partial charge in [-0.05, 0) is 74.3 Å². The van der Waals surface area contributed by atoms with Gasteiger partial charge in [-0.3, -0.25) is 14.4 Å². The van der Waals surface area contributed by atoms with E-state index >= 15 is 0 Å². The summed E-state index contributed by atoms with van der Waals surface area (Å²) in [5.74, 6) is -0.00345. The third kappa shape index (κ3) is 2.53. The minimum atomic E-state index is -0.473. The molecule has 1 spiro atoms. The number of esters is 1. The number of rotatable bonds is 2. The molecule has 0 bridgehead atoms. The van der Waals surface area contributed by atoms with Gasteiger partial charge in [-0.15, -0.1) is 0 Å². The van der Waals surface area contributed by atoms with E-state index in [1.165, 1.54) is 5.57 Å². The van der Waals surface area contributed by atoms with Crippen molar-refractivity contribution in [3.63, 3.8) is 0 Å². The SMILES string of the molecule is CC12CCC(=O)CC1=C[C@@H](C(=O)OC1CCCC1)C1=C2CC[C@@]23C(=O)CC[C@]2(C)CC=C13. The lowest BCUT2D eigenvalue weighted by atomic mass is 9.51. The molecule has 6 aliphatic rings. The zero-order valence-electron chi connectivity index (χ0n) is 19.4. The number of carbonyl (C=O) groups is 3. The molecule has 0 amide bonds. The van der Waals surface area contributed by atoms with E-state index in [0.29, 0.717) is 25.0 Å². The van der Waals surface area contributed by atoms with Gasteiger partial charge in [-0.25, -0.2) is 0 Å². The van der Waals surface area contributed by atoms with E-state index in [1.807, 2.05) is 0 Å². The van der Waals surface area contributed by atoms with Crippen LogP contribution in [0.1, 0.15) is 90.9 Å². The fourth-order valence-electron chi connectivity index (χ4n) is 8.21. The smallest absolute Gasteiger partial charge is 0.317 e. The maximum Gasteiger partial charge on any atom is 0.317 e. The summed E-state index contributed by atoms with van der Waals surface area (Å²) in [6, 6.07) is 0. The number of Topliss-reactive ketones (excluding diaryl/α,β-unsaturated/α-hetero) is 2. The Morgan fingerprint density at radius 1 is 1.03 bits per heavy atom. The van der Waals surface area contributed by atoms with E-state index in [1.54, 1.807) is 0 Å². The molecule has 0 aromatic carbocycles. The molecule has 0 radical (unpaired) electrons. The highest BCUT2D eigenvalue weighted by Gasteiger charge is 2.65. The predicted octanol–water partition coefficient (Wildman–Crippen LogP) is 5.56. The molecule has 32 heavy (non-hydrogen) atoms. The number of hydrogen-bond acceptors (Lipinski definition) is 4. The largest absolute Gasteiger partial charge is 0.462 e. The number of hydrogen-bond donors (Lipinski definition) is 0. The van der Waals surface area contributed by atoms with Crippen LogP contribution in [0.15, 0.2) is 34.4 Å². The Labute approximate surface area is 190 Å². The molecule has 1 unspecified atom stereocenters. The Balaban J connectivity index is 1.48. The molecule has 6 aliphatic carbocycles. The zero-order chi connectivity index (χ0) is 22.3. The van der Waals surface area contributed by atoms with Crippen molar-refractivity contribution in [1.29, 1.82) is 0 Å². The summed E-state index contributed by atoms with van der Waals surface area (Å²) in [6.07, 6.45) is 14.6. The first-order valence-electron chi connectivity index (χ1n) is 12.7. The van der Waals surface area contributed by atoms with Crippen LogP contribution >= 0.6 is 0 Å². The first kappa shape index (κ1) is 20.6. The molecule has 6 rings (SSSR count). The van der Waals surface area contributed by atoms with Crippen molar-refractivity contribution < 1.29 is 19.1 Å². The summed E-state index contributed by atoms with van der Waals surface area (Å²) >= 11 is 0. The van der Waals surface area contributed by atoms with Crippen LogP contribution in [-0.4, -0.2) is 23.6 Å². The second-order valence-electron chi connectivity index (χ2n) is 11.7. The van der Waals surface area contributed by atoms with E-state index in [9.17, 15) is 14.4 Å². The van der Waals surface area contributed by atoms with Gasteiger partial charge in [-0.1, -0.05) is 37.1 Å². The summed E-state index contributed by atoms with van der Waals surface area (Å²) in [4.78, 5) is 39.4. The quantitative estimate of drug-likeness (QED) is 0.421. The van der Waals surface area contributed by atoms with Crippen LogP contribution in [0.5, 0.6) is 0 Å². The number of allylic oxidation sites excluding steroid dienone is 4. The van der Waals surface area contributed by atoms with E-state index in [4.69, 9.17) is 4.74 Å². The molecule has 4 nitrogen and oxygen atoms in total. The van der Waals surface area contributed by atoms with Crippen molar-refractivity contribution in [2.75, 3.05) is 0 Å². The minimum Gasteiger partial charge on any atom is -0.462 e. The summed E-state index contributed by atoms with van der Waals surface area (Å²) < 4.78 is 6.03. The van der Waals surface area contributed by atoms with Crippen LogP contribution in [0, 0.1) is 22.2 Å². The van der Waals surface area contributed by atoms with Gasteiger partial charge in [0.05, 0.1) is 5.41 Å². The predicted molar refractivity (Wildman–Crippen MR) is 121 cm³/mol. The second kappa shape index (κ2) is 6.77. The summed E-state index contributed by atoms with van der Waals surface area (Å²) in [5.41, 5.74) is 4.04. The third-order valence-corrected chi connectivity index (χ3v) is 10.2. The van der Waals surface area contributed by atoms with Crippen LogP contribution in [0.25, 0.3) is 0 Å². The zero-order valence-corrected chi connectivity index (χ0v) is 19.4. The lowest BCUT2D eigenvalue weighted by Crippen LogP contribution is -2.46. The summed E-state index contributed by atoms with van der Waals surface area (Å²) in [6.45, 7) is 4.55. The van der Waals surface area contributed by atoms with Crippen molar-refractivity contribution in [2.45, 2.75) is 97.0 Å². The highest BCUT2D eigenvalue weighted by Crippen LogP contribution is 2.70. The molecule has 0 N–H and O–H groups in total. The second-order valence-corrected chi connectivity index (χ2v) is 11.7. The van der Waals surface area contributed by atoms with Crippen LogP contribution in [0.3, 0.4) is 0 Å². The van der Waals surface area contributed by atoms with Crippen molar-refractivity contribution in [2.24, 2.45) is 22.2 Å². The molecule has 0 aliphatic heterocycles. The fourth-order valence-corrected chi connectivity index (χ4v) is 8.21. The molecule has 3 fully saturated rings. The molecular weight excluding hydrogens is 400 g/mol. The molecule has 0 aromatic heterocycles. The maximum atomic E-state index is 13.6. The Hall–Kier alpha value is -1.97. The van der Waals surface area contributed by atoms with Crippen LogP contribution < -0.4 is 0 Å². The van der Waals surface area contributed by atoms with Crippen LogP contribution in [-0.2, 0) is 19.1 Å². The van der Waals surface area contributed by atoms with Crippen LogP contribution in [0.2, 0.25) is 0 Å². The van der Waals surface area contributed by atoms with Gasteiger partial charge in [0.2, 0.25) is 0 Å². The fraction of sp³-hybridized carbons (Fsp3) is 0.679. The van der Waals surface area contributed by atoms with Crippen molar-refractivity contribution in [3.8, 4) is 0 Å². The van der Waals surface area contributed by atoms with Gasteiger partial charge in [0.1, 0.15) is 23.6 Å². The normalized spacial score (nSPS) is 41.0. The monoisotopic (exact) mass is 434 g/mol. The van der Waals surface area contributed by atoms with E-state index in [0.717, 1.165) is 74.5 Å². The molecule has 4 heteroatoms. The van der Waals surface area contributed by atoms with Gasteiger partial charge in [0, 0.05) is 24.7 Å². The molecular formula is C28H34O4. The lowest BCUT2D eigenvalue weighted by molar-refractivity contribution is -0.151. The van der Waals surface area contributed by atoms with E-state index in [2.05, 4.69) is 26.0 Å². The van der Waals surface area contributed by atoms with Gasteiger partial charge >= 0.3 is 5.97 Å². The average Bonchev–Trinajstić information content (AvgIpc) is 3.44. The van der Waals surface area contributed by atoms with Crippen molar-refractivity contribution in [3.05, 3.63) is 34.4 Å². The lowest BCUT2D eigenvalue weighted by Gasteiger charge is -2.51. The Kier molecular flexibility index (Phi) is 4.37. The highest BCUT2D eigenvalue weighted by atomic mass is 16.5. The standard InChI is InChI=1S/C28H34O4/c1-26-11-8-22-24-20(25(31)32-19-5-3-4-6-19)16-17-15-18(29)7-13-27(17,2)21(24)9-14-28(22,26)23(30)10-12-26/h8,16,19-20H,3-7,9-15H2,1-2H3/t20-,26+,27?,28-/m1/s1. The molecule has 170 valence electrons. The minimum absolute atomic E-state index is 0.0136. The first-order chi connectivity index (χ1) is 15.3. The van der Waals surface area contributed by atoms with Gasteiger partial charge < -0.3 is 4.74 Å². The molecule has 0 heterocycles. The third-order valence-electron chi connectivity index (χ3n) is 10.2. The number of carbonyl (C=O) groups excluding carboxylic acids is 3. The van der Waals surface area contributed by atoms with E-state index in [-0.39, 0.29) is 28.7 Å². The van der Waals surface area contributed by atoms with Crippen LogP contribution in [0.4, 0.5) is 0 Å². The topological polar surface area (TPSA) is 60.4 Å². The average molecular weight is 435 g/mol. The van der Waals surface area contributed by atoms with E-state index < -0.39 is 11.3 Å². The van der Waals surface area contributed by atoms with Gasteiger partial charge in [0.25, 0.3) is 0 Å². The Morgan fingerprint density at radius 3 is 2.59 bits per heavy atom. The molecule has 4 atom stereocenters. The summed E-state index contributed by atoms with van der Waals surface area (Å²) in [7, 11) is 0. The van der Waals surface area contributed by atoms with Crippen molar-refractivity contribution in [1.82, 2.24) is 0 Å². The molecule has 3 saturated carbocycles.